The van der Waals surface area contributed by atoms with E-state index in [9.17, 15) is 38.4 Å². The number of carbonyl (C=O) groups is 8. The second-order valence-corrected chi connectivity index (χ2v) is 16.7. The van der Waals surface area contributed by atoms with Crippen LogP contribution in [-0.2, 0) is 102 Å². The molecule has 3 aliphatic heterocycles. The Morgan fingerprint density at radius 3 is 1.72 bits per heavy atom. The minimum atomic E-state index is -3.30. The molecule has 1 N–H and O–H groups in total. The van der Waals surface area contributed by atoms with E-state index in [4.69, 9.17) is 63.5 Å². The summed E-state index contributed by atoms with van der Waals surface area (Å²) in [7, 11) is 0. The Hall–Kier alpha value is -3.61. The number of ketones is 1. The standard InChI is InChI=1S/C33H48N3O19PS2/c1-10-46-56(57,47-11-2)35-36-24(44)14-58-33(36)34-31-29(51-20(8)42)27(49-18(6)40)26(23(53-31)13-45-16(4)38)55-32-30(52-21(9)43)28(50-19(7)41)25(48-17(5)39)22(54-32)12-15(3)37/h22-23,25-32H,10-14H2,1-9H3,(H,35,57)/b34-33+/t22-,23-,25+,26-,27+,28+,29-,30-,31-,32+/m1/s1. The first kappa shape index (κ1) is 48.8. The number of carbonyl (C=O) groups excluding carboxylic acids is 8. The van der Waals surface area contributed by atoms with Crippen molar-refractivity contribution in [3.8, 4) is 0 Å². The van der Waals surface area contributed by atoms with Gasteiger partial charge in [0.05, 0.1) is 19.0 Å². The Bertz CT molecular complexity index is 1640. The van der Waals surface area contributed by atoms with Gasteiger partial charge in [0.25, 0.3) is 12.5 Å². The van der Waals surface area contributed by atoms with Crippen molar-refractivity contribution in [2.24, 2.45) is 4.99 Å². The zero-order valence-corrected chi connectivity index (χ0v) is 35.8. The predicted octanol–water partition coefficient (Wildman–Crippen LogP) is 0.756. The number of thioether (sulfide) groups is 1. The summed E-state index contributed by atoms with van der Waals surface area (Å²) in [4.78, 5) is 105. The highest BCUT2D eigenvalue weighted by Gasteiger charge is 2.57. The van der Waals surface area contributed by atoms with Gasteiger partial charge in [-0.25, -0.2) is 10.0 Å². The van der Waals surface area contributed by atoms with Crippen LogP contribution in [0.25, 0.3) is 0 Å². The third kappa shape index (κ3) is 14.0. The van der Waals surface area contributed by atoms with Gasteiger partial charge in [0.1, 0.15) is 30.7 Å². The molecule has 22 nitrogen and oxygen atoms in total. The molecule has 0 aliphatic carbocycles. The van der Waals surface area contributed by atoms with Crippen LogP contribution in [0.3, 0.4) is 0 Å². The lowest BCUT2D eigenvalue weighted by Gasteiger charge is -2.48. The summed E-state index contributed by atoms with van der Waals surface area (Å²) in [6.45, 7) is 7.21. The van der Waals surface area contributed by atoms with Crippen molar-refractivity contribution in [1.82, 2.24) is 10.2 Å². The molecule has 10 atom stereocenters. The first-order chi connectivity index (χ1) is 27.2. The molecule has 326 valence electrons. The minimum Gasteiger partial charge on any atom is -0.463 e. The number of hydrogen-bond acceptors (Lipinski definition) is 22. The SMILES string of the molecule is CCOP(=S)(NN1C(=O)CS/C1=N/[C@@H]1O[C@H](COC(C)=O)[C@@H](O[C@@H]2O[C@H](CC(C)=O)[C@H](OC(C)=O)[C@H](OC(C)=O)[C@H]2OC(C)=O)[C@H](OC(C)=O)[C@H]1OC(C)=O)OCC. The molecule has 3 heterocycles. The summed E-state index contributed by atoms with van der Waals surface area (Å²) in [5.74, 6) is -6.42. The topological polar surface area (TPSA) is 266 Å². The van der Waals surface area contributed by atoms with E-state index in [0.29, 0.717) is 0 Å². The van der Waals surface area contributed by atoms with Crippen molar-refractivity contribution in [2.45, 2.75) is 130 Å². The number of esters is 6. The second-order valence-electron chi connectivity index (χ2n) is 12.7. The Morgan fingerprint density at radius 2 is 1.22 bits per heavy atom. The summed E-state index contributed by atoms with van der Waals surface area (Å²) in [6, 6.07) is 0. The van der Waals surface area contributed by atoms with Crippen molar-refractivity contribution < 1.29 is 90.0 Å². The molecule has 0 aromatic heterocycles. The second kappa shape index (κ2) is 22.1. The molecular weight excluding hydrogens is 837 g/mol. The van der Waals surface area contributed by atoms with E-state index in [1.54, 1.807) is 13.8 Å². The van der Waals surface area contributed by atoms with Crippen LogP contribution in [0.2, 0.25) is 0 Å². The fourth-order valence-corrected chi connectivity index (χ4v) is 9.03. The van der Waals surface area contributed by atoms with E-state index in [1.165, 1.54) is 6.92 Å². The molecule has 58 heavy (non-hydrogen) atoms. The third-order valence-corrected chi connectivity index (χ3v) is 11.2. The average molecular weight is 886 g/mol. The summed E-state index contributed by atoms with van der Waals surface area (Å²) in [5, 5.41) is 3.74. The minimum absolute atomic E-state index is 0.0497. The molecule has 1 amide bonds. The molecule has 3 rings (SSSR count). The van der Waals surface area contributed by atoms with E-state index < -0.39 is 129 Å². The Labute approximate surface area is 343 Å². The van der Waals surface area contributed by atoms with Crippen molar-refractivity contribution in [3.63, 3.8) is 0 Å². The van der Waals surface area contributed by atoms with E-state index in [-0.39, 0.29) is 24.1 Å². The number of rotatable bonds is 18. The number of ether oxygens (including phenoxy) is 9. The summed E-state index contributed by atoms with van der Waals surface area (Å²) in [6.07, 6.45) is -16.6. The number of aliphatic imine (C=N–C) groups is 1. The van der Waals surface area contributed by atoms with Gasteiger partial charge in [0.2, 0.25) is 0 Å². The summed E-state index contributed by atoms with van der Waals surface area (Å²) >= 11 is 6.49. The molecule has 25 heteroatoms. The van der Waals surface area contributed by atoms with Crippen molar-refractivity contribution in [2.75, 3.05) is 25.6 Å². The molecule has 0 saturated carbocycles. The van der Waals surface area contributed by atoms with Crippen LogP contribution in [0.4, 0.5) is 0 Å². The third-order valence-electron chi connectivity index (χ3n) is 7.77. The van der Waals surface area contributed by atoms with Crippen LogP contribution in [0.1, 0.15) is 68.7 Å². The van der Waals surface area contributed by atoms with Crippen molar-refractivity contribution >= 4 is 82.9 Å². The lowest BCUT2D eigenvalue weighted by Crippen LogP contribution is -2.66. The molecule has 0 aromatic rings. The van der Waals surface area contributed by atoms with Crippen LogP contribution in [0.5, 0.6) is 0 Å². The maximum Gasteiger partial charge on any atom is 0.303 e. The van der Waals surface area contributed by atoms with Crippen molar-refractivity contribution in [1.29, 1.82) is 0 Å². The van der Waals surface area contributed by atoms with Gasteiger partial charge in [-0.2, -0.15) is 0 Å². The van der Waals surface area contributed by atoms with E-state index in [0.717, 1.165) is 58.3 Å². The maximum atomic E-state index is 13.1. The predicted molar refractivity (Wildman–Crippen MR) is 199 cm³/mol. The number of Topliss-reactive ketones (excluding diaryl/α,β-unsaturated/α-hetero) is 1. The average Bonchev–Trinajstić information content (AvgIpc) is 3.42. The quantitative estimate of drug-likeness (QED) is 0.113. The molecule has 0 radical (unpaired) electrons. The van der Waals surface area contributed by atoms with E-state index >= 15 is 0 Å². The molecular formula is C33H48N3O19PS2. The highest BCUT2D eigenvalue weighted by atomic mass is 32.5. The van der Waals surface area contributed by atoms with Crippen LogP contribution < -0.4 is 5.20 Å². The van der Waals surface area contributed by atoms with Gasteiger partial charge in [-0.05, 0) is 32.6 Å². The number of hydrogen-bond donors (Lipinski definition) is 1. The fourth-order valence-electron chi connectivity index (χ4n) is 5.93. The number of hydrazine groups is 1. The van der Waals surface area contributed by atoms with E-state index in [1.807, 2.05) is 0 Å². The molecule has 0 bridgehead atoms. The number of amides is 1. The van der Waals surface area contributed by atoms with Gasteiger partial charge in [-0.1, -0.05) is 11.8 Å². The van der Waals surface area contributed by atoms with Crippen molar-refractivity contribution in [3.05, 3.63) is 0 Å². The van der Waals surface area contributed by atoms with Gasteiger partial charge in [0.15, 0.2) is 48.2 Å². The van der Waals surface area contributed by atoms with Gasteiger partial charge in [-0.3, -0.25) is 38.4 Å². The summed E-state index contributed by atoms with van der Waals surface area (Å²) < 4.78 is 63.0. The molecule has 0 spiro atoms. The molecule has 3 aliphatic rings. The molecule has 0 aromatic carbocycles. The monoisotopic (exact) mass is 885 g/mol. The largest absolute Gasteiger partial charge is 0.463 e. The lowest BCUT2D eigenvalue weighted by atomic mass is 9.93. The normalized spacial score (nSPS) is 29.3. The van der Waals surface area contributed by atoms with E-state index in [2.05, 4.69) is 10.2 Å². The van der Waals surface area contributed by atoms with Gasteiger partial charge < -0.3 is 51.7 Å². The Kier molecular flexibility index (Phi) is 18.6. The highest BCUT2D eigenvalue weighted by molar-refractivity contribution is 8.15. The van der Waals surface area contributed by atoms with Crippen LogP contribution in [0.15, 0.2) is 4.99 Å². The number of amidine groups is 1. The van der Waals surface area contributed by atoms with Crippen LogP contribution in [0, 0.1) is 0 Å². The van der Waals surface area contributed by atoms with Gasteiger partial charge in [0, 0.05) is 48.0 Å². The summed E-state index contributed by atoms with van der Waals surface area (Å²) in [5.41, 5.74) is 0. The zero-order valence-electron chi connectivity index (χ0n) is 33.2. The number of nitrogens with zero attached hydrogens (tertiary/aromatic N) is 2. The zero-order chi connectivity index (χ0) is 43.5. The van der Waals surface area contributed by atoms with Crippen LogP contribution >= 0.6 is 18.4 Å². The first-order valence-corrected chi connectivity index (χ1v) is 21.5. The number of nitrogens with one attached hydrogen (secondary N) is 1. The maximum absolute atomic E-state index is 13.1. The Balaban J connectivity index is 2.22. The molecule has 3 saturated heterocycles. The van der Waals surface area contributed by atoms with Crippen LogP contribution in [-0.4, -0.2) is 145 Å². The lowest BCUT2D eigenvalue weighted by molar-refractivity contribution is -0.342. The van der Waals surface area contributed by atoms with Gasteiger partial charge >= 0.3 is 35.8 Å². The fraction of sp³-hybridized carbons (Fsp3) is 0.727. The smallest absolute Gasteiger partial charge is 0.303 e. The van der Waals surface area contributed by atoms with Gasteiger partial charge in [-0.15, -0.1) is 5.20 Å². The Morgan fingerprint density at radius 1 is 0.724 bits per heavy atom. The highest BCUT2D eigenvalue weighted by Crippen LogP contribution is 2.45. The molecule has 3 fully saturated rings. The molecule has 0 unspecified atom stereocenters. The first-order valence-electron chi connectivity index (χ1n) is 17.8.